The summed E-state index contributed by atoms with van der Waals surface area (Å²) in [6.07, 6.45) is -5.86. The van der Waals surface area contributed by atoms with Crippen molar-refractivity contribution < 1.29 is 49.9 Å². The van der Waals surface area contributed by atoms with Gasteiger partial charge in [-0.3, -0.25) is 14.3 Å². The van der Waals surface area contributed by atoms with Crippen LogP contribution in [-0.4, -0.2) is 74.3 Å². The third kappa shape index (κ3) is 8.44. The molecule has 0 spiro atoms. The molecule has 0 radical (unpaired) electrons. The normalized spacial score (nSPS) is 18.9. The lowest BCUT2D eigenvalue weighted by molar-refractivity contribution is -0.142. The molecule has 20 heteroatoms. The number of pyridine rings is 1. The fourth-order valence-electron chi connectivity index (χ4n) is 9.32. The third-order valence-corrected chi connectivity index (χ3v) is 13.5. The van der Waals surface area contributed by atoms with Crippen LogP contribution in [0.15, 0.2) is 66.7 Å². The largest absolute Gasteiger partial charge is 0.444 e. The minimum Gasteiger partial charge on any atom is -0.444 e. The number of amides is 3. The molecule has 3 atom stereocenters. The number of halogens is 7. The summed E-state index contributed by atoms with van der Waals surface area (Å²) in [5.74, 6) is -9.19. The van der Waals surface area contributed by atoms with Gasteiger partial charge in [0, 0.05) is 72.6 Å². The Hall–Kier alpha value is -6.57. The molecule has 1 saturated carbocycles. The first-order valence-corrected chi connectivity index (χ1v) is 22.4. The number of alkyl halides is 5. The van der Waals surface area contributed by atoms with Crippen LogP contribution in [0.25, 0.3) is 32.0 Å². The van der Waals surface area contributed by atoms with Gasteiger partial charge in [0.2, 0.25) is 5.91 Å². The molecule has 2 fully saturated rings. The van der Waals surface area contributed by atoms with Crippen molar-refractivity contribution in [3.8, 4) is 21.7 Å². The minimum absolute atomic E-state index is 0.0697. The lowest BCUT2D eigenvalue weighted by atomic mass is 9.93. The van der Waals surface area contributed by atoms with Gasteiger partial charge in [-0.25, -0.2) is 23.5 Å². The van der Waals surface area contributed by atoms with Gasteiger partial charge in [0.05, 0.1) is 16.4 Å². The Labute approximate surface area is 382 Å². The van der Waals surface area contributed by atoms with Crippen molar-refractivity contribution in [1.82, 2.24) is 35.3 Å². The van der Waals surface area contributed by atoms with E-state index < -0.39 is 76.6 Å². The van der Waals surface area contributed by atoms with Gasteiger partial charge in [0.15, 0.2) is 11.3 Å². The monoisotopic (exact) mass is 946 g/mol. The number of thiazole rings is 1. The number of ether oxygens (including phenoxy) is 1. The Morgan fingerprint density at radius 2 is 1.63 bits per heavy atom. The van der Waals surface area contributed by atoms with Crippen LogP contribution in [0.5, 0.6) is 0 Å². The van der Waals surface area contributed by atoms with Crippen LogP contribution >= 0.6 is 11.3 Å². The molecule has 3 aromatic carbocycles. The quantitative estimate of drug-likeness (QED) is 0.137. The SMILES string of the molecule is CC(C)(C)OC(=O)N1CCN(c2ccc(-c3nc4nc([C@H](Cc5cc(F)cc(F)c5)NC(=O)Cn5nc(C(F)(F)F)c6c5C(F)(F)C5C[C@H]65)c(-c5ccc6c(c5)C(=O)NC6)cc4s3)cc2)CC1. The average Bonchev–Trinajstić information content (AvgIpc) is 3.48. The summed E-state index contributed by atoms with van der Waals surface area (Å²) < 4.78 is 109. The van der Waals surface area contributed by atoms with E-state index >= 15 is 8.78 Å². The van der Waals surface area contributed by atoms with E-state index in [1.807, 2.05) is 45.0 Å². The van der Waals surface area contributed by atoms with Crippen LogP contribution < -0.4 is 15.5 Å². The zero-order valence-electron chi connectivity index (χ0n) is 36.1. The van der Waals surface area contributed by atoms with Gasteiger partial charge in [-0.1, -0.05) is 12.1 Å². The van der Waals surface area contributed by atoms with E-state index in [0.717, 1.165) is 28.9 Å². The van der Waals surface area contributed by atoms with Gasteiger partial charge < -0.3 is 25.2 Å². The number of rotatable bonds is 9. The number of fused-ring (bicyclic) bond motifs is 5. The molecule has 12 nitrogen and oxygen atoms in total. The summed E-state index contributed by atoms with van der Waals surface area (Å²) in [6, 6.07) is 16.1. The minimum atomic E-state index is -5.06. The van der Waals surface area contributed by atoms with Crippen LogP contribution in [0.2, 0.25) is 0 Å². The summed E-state index contributed by atoms with van der Waals surface area (Å²) in [5, 5.41) is 9.57. The second-order valence-corrected chi connectivity index (χ2v) is 19.3. The molecule has 3 amide bonds. The molecule has 2 N–H and O–H groups in total. The van der Waals surface area contributed by atoms with Gasteiger partial charge in [0.1, 0.15) is 34.5 Å². The number of anilines is 1. The first-order chi connectivity index (χ1) is 31.7. The molecular formula is C47H41F7N8O4S. The average molecular weight is 947 g/mol. The zero-order chi connectivity index (χ0) is 47.3. The molecule has 2 aliphatic carbocycles. The molecule has 5 heterocycles. The topological polar surface area (TPSA) is 135 Å². The molecule has 4 aliphatic rings. The van der Waals surface area contributed by atoms with Gasteiger partial charge in [0.25, 0.3) is 11.8 Å². The fourth-order valence-corrected chi connectivity index (χ4v) is 10.3. The molecule has 2 aliphatic heterocycles. The van der Waals surface area contributed by atoms with Crippen molar-refractivity contribution in [2.45, 2.75) is 76.4 Å². The number of nitrogens with zero attached hydrogens (tertiary/aromatic N) is 6. The number of carbonyl (C=O) groups is 3. The Morgan fingerprint density at radius 3 is 2.31 bits per heavy atom. The molecule has 0 bridgehead atoms. The second-order valence-electron chi connectivity index (χ2n) is 18.3. The standard InChI is InChI=1S/C47H41F7N8O4S/c1-45(2,3)66-44(65)61-12-10-60(11-13-61)29-8-6-24(7-9-29)43-58-41-35(67-43)20-30(25-4-5-26-21-55-42(64)31(26)17-25)38(57-41)34(16-23-14-27(48)18-28(49)15-23)56-36(63)22-62-40-37(39(59-62)47(52,53)54)32-19-33(32)46(40,50)51/h4-9,14-15,17-18,20,32-34H,10-13,16,19,21-22H2,1-3H3,(H,55,64)(H,56,63)/t32-,33?,34-/m0/s1. The predicted octanol–water partition coefficient (Wildman–Crippen LogP) is 9.13. The van der Waals surface area contributed by atoms with Crippen molar-refractivity contribution in [3.05, 3.63) is 118 Å². The number of nitrogens with one attached hydrogen (secondary N) is 2. The summed E-state index contributed by atoms with van der Waals surface area (Å²) in [7, 11) is 0. The first kappa shape index (κ1) is 44.3. The Morgan fingerprint density at radius 1 is 0.925 bits per heavy atom. The molecule has 3 aromatic heterocycles. The van der Waals surface area contributed by atoms with Crippen LogP contribution in [0.1, 0.15) is 83.3 Å². The van der Waals surface area contributed by atoms with Gasteiger partial charge >= 0.3 is 12.3 Å². The number of hydrogen-bond acceptors (Lipinski definition) is 9. The number of carbonyl (C=O) groups excluding carboxylic acids is 3. The van der Waals surface area contributed by atoms with Gasteiger partial charge in [-0.05, 0) is 105 Å². The maximum Gasteiger partial charge on any atom is 0.435 e. The fraction of sp³-hybridized carbons (Fsp3) is 0.362. The van der Waals surface area contributed by atoms with Crippen molar-refractivity contribution in [2.75, 3.05) is 31.1 Å². The van der Waals surface area contributed by atoms with Gasteiger partial charge in [-0.15, -0.1) is 11.3 Å². The van der Waals surface area contributed by atoms with E-state index in [1.165, 1.54) is 11.3 Å². The highest BCUT2D eigenvalue weighted by atomic mass is 32.1. The van der Waals surface area contributed by atoms with E-state index in [1.54, 1.807) is 29.2 Å². The molecule has 1 unspecified atom stereocenters. The molecule has 1 saturated heterocycles. The number of aromatic nitrogens is 4. The Bertz CT molecular complexity index is 2970. The van der Waals surface area contributed by atoms with Crippen LogP contribution in [0.3, 0.4) is 0 Å². The van der Waals surface area contributed by atoms with Crippen LogP contribution in [0.4, 0.5) is 41.2 Å². The predicted molar refractivity (Wildman–Crippen MR) is 232 cm³/mol. The lowest BCUT2D eigenvalue weighted by Crippen LogP contribution is -2.50. The third-order valence-electron chi connectivity index (χ3n) is 12.4. The number of piperazine rings is 1. The van der Waals surface area contributed by atoms with Crippen LogP contribution in [-0.2, 0) is 41.1 Å². The second kappa shape index (κ2) is 16.1. The van der Waals surface area contributed by atoms with E-state index in [-0.39, 0.29) is 41.7 Å². The molecular weight excluding hydrogens is 906 g/mol. The Balaban J connectivity index is 1.00. The summed E-state index contributed by atoms with van der Waals surface area (Å²) >= 11 is 1.31. The summed E-state index contributed by atoms with van der Waals surface area (Å²) in [4.78, 5) is 53.1. The summed E-state index contributed by atoms with van der Waals surface area (Å²) in [6.45, 7) is 6.87. The molecule has 10 rings (SSSR count). The number of hydrogen-bond donors (Lipinski definition) is 2. The van der Waals surface area contributed by atoms with Crippen molar-refractivity contribution in [2.24, 2.45) is 5.92 Å². The highest BCUT2D eigenvalue weighted by molar-refractivity contribution is 7.21. The molecule has 348 valence electrons. The maximum absolute atomic E-state index is 15.5. The van der Waals surface area contributed by atoms with Gasteiger partial charge in [-0.2, -0.15) is 27.1 Å². The Kier molecular flexibility index (Phi) is 10.6. The highest BCUT2D eigenvalue weighted by Crippen LogP contribution is 2.68. The molecule has 67 heavy (non-hydrogen) atoms. The van der Waals surface area contributed by atoms with E-state index in [0.29, 0.717) is 69.9 Å². The van der Waals surface area contributed by atoms with E-state index in [2.05, 4.69) is 20.6 Å². The smallest absolute Gasteiger partial charge is 0.435 e. The molecule has 6 aromatic rings. The van der Waals surface area contributed by atoms with Crippen LogP contribution in [0, 0.1) is 17.6 Å². The zero-order valence-corrected chi connectivity index (χ0v) is 36.9. The highest BCUT2D eigenvalue weighted by Gasteiger charge is 2.68. The van der Waals surface area contributed by atoms with E-state index in [4.69, 9.17) is 14.7 Å². The van der Waals surface area contributed by atoms with Crippen molar-refractivity contribution in [1.29, 1.82) is 0 Å². The van der Waals surface area contributed by atoms with E-state index in [9.17, 15) is 36.3 Å². The maximum atomic E-state index is 15.5. The van der Waals surface area contributed by atoms with Crippen molar-refractivity contribution >= 4 is 45.3 Å². The van der Waals surface area contributed by atoms with Crippen molar-refractivity contribution in [3.63, 3.8) is 0 Å². The number of benzene rings is 3. The lowest BCUT2D eigenvalue weighted by Gasteiger charge is -2.36. The first-order valence-electron chi connectivity index (χ1n) is 21.6. The summed E-state index contributed by atoms with van der Waals surface area (Å²) in [5.41, 5.74) is 0.449.